The lowest BCUT2D eigenvalue weighted by Gasteiger charge is -2.38. The van der Waals surface area contributed by atoms with Gasteiger partial charge in [0.25, 0.3) is 15.9 Å². The molecule has 3 atom stereocenters. The van der Waals surface area contributed by atoms with Crippen molar-refractivity contribution in [1.29, 1.82) is 0 Å². The minimum Gasteiger partial charge on any atom is -0.488 e. The lowest BCUT2D eigenvalue weighted by atomic mass is 9.99. The minimum absolute atomic E-state index is 0.0114. The molecule has 12 nitrogen and oxygen atoms in total. The van der Waals surface area contributed by atoms with E-state index in [2.05, 4.69) is 15.6 Å². The number of urea groups is 1. The van der Waals surface area contributed by atoms with Crippen molar-refractivity contribution in [3.8, 4) is 5.75 Å². The first-order valence-corrected chi connectivity index (χ1v) is 15.6. The summed E-state index contributed by atoms with van der Waals surface area (Å²) in [4.78, 5) is 32.3. The number of sulfonamides is 1. The van der Waals surface area contributed by atoms with Gasteiger partial charge < -0.3 is 29.9 Å². The second kappa shape index (κ2) is 12.6. The SMILES string of the molecule is C[C@H](CO)N1C[C@H](C)[C@H](CN(C)S(=O)(=O)c2cn(C)cn2)Oc2ccc(NC(=O)Nc3cccc4ccccc34)cc2C1=O. The number of carbonyl (C=O) groups is 2. The Balaban J connectivity index is 1.41. The van der Waals surface area contributed by atoms with Crippen molar-refractivity contribution in [2.24, 2.45) is 13.0 Å². The van der Waals surface area contributed by atoms with Gasteiger partial charge in [-0.05, 0) is 36.6 Å². The van der Waals surface area contributed by atoms with Crippen LogP contribution in [0.25, 0.3) is 10.8 Å². The third-order valence-corrected chi connectivity index (χ3v) is 9.46. The number of nitrogens with zero attached hydrogens (tertiary/aromatic N) is 4. The highest BCUT2D eigenvalue weighted by molar-refractivity contribution is 7.89. The highest BCUT2D eigenvalue weighted by Crippen LogP contribution is 2.31. The maximum atomic E-state index is 13.8. The molecule has 3 N–H and O–H groups in total. The monoisotopic (exact) mass is 620 g/mol. The summed E-state index contributed by atoms with van der Waals surface area (Å²) in [5, 5.41) is 17.4. The van der Waals surface area contributed by atoms with E-state index in [1.54, 1.807) is 41.6 Å². The third kappa shape index (κ3) is 6.39. The van der Waals surface area contributed by atoms with Gasteiger partial charge in [-0.2, -0.15) is 4.31 Å². The summed E-state index contributed by atoms with van der Waals surface area (Å²) in [5.74, 6) is -0.434. The summed E-state index contributed by atoms with van der Waals surface area (Å²) in [5.41, 5.74) is 1.17. The summed E-state index contributed by atoms with van der Waals surface area (Å²) in [7, 11) is -0.751. The average Bonchev–Trinajstić information content (AvgIpc) is 3.46. The molecule has 3 amide bonds. The number of imidazole rings is 1. The number of nitrogens with one attached hydrogen (secondary N) is 2. The van der Waals surface area contributed by atoms with Crippen molar-refractivity contribution in [3.63, 3.8) is 0 Å². The summed E-state index contributed by atoms with van der Waals surface area (Å²) in [6, 6.07) is 17.0. The molecule has 232 valence electrons. The van der Waals surface area contributed by atoms with Crippen LogP contribution in [-0.4, -0.2) is 83.1 Å². The number of likely N-dealkylation sites (N-methyl/N-ethyl adjacent to an activating group) is 1. The van der Waals surface area contributed by atoms with Crippen molar-refractivity contribution in [1.82, 2.24) is 18.8 Å². The summed E-state index contributed by atoms with van der Waals surface area (Å²) in [6.07, 6.45) is 2.20. The molecule has 0 spiro atoms. The molecular formula is C31H36N6O6S. The maximum Gasteiger partial charge on any atom is 0.323 e. The lowest BCUT2D eigenvalue weighted by Crippen LogP contribution is -2.50. The number of fused-ring (bicyclic) bond motifs is 2. The minimum atomic E-state index is -3.90. The van der Waals surface area contributed by atoms with Crippen molar-refractivity contribution < 1.29 is 27.9 Å². The molecule has 4 aromatic rings. The van der Waals surface area contributed by atoms with Crippen LogP contribution in [0.3, 0.4) is 0 Å². The smallest absolute Gasteiger partial charge is 0.323 e. The molecule has 44 heavy (non-hydrogen) atoms. The highest BCUT2D eigenvalue weighted by Gasteiger charge is 2.35. The molecule has 0 bridgehead atoms. The molecule has 13 heteroatoms. The van der Waals surface area contributed by atoms with Gasteiger partial charge in [-0.1, -0.05) is 43.3 Å². The molecule has 1 aromatic heterocycles. The van der Waals surface area contributed by atoms with Gasteiger partial charge in [-0.15, -0.1) is 0 Å². The van der Waals surface area contributed by atoms with Gasteiger partial charge in [-0.25, -0.2) is 18.2 Å². The van der Waals surface area contributed by atoms with E-state index in [-0.39, 0.29) is 47.9 Å². The quantitative estimate of drug-likeness (QED) is 0.272. The van der Waals surface area contributed by atoms with Gasteiger partial charge in [0.2, 0.25) is 0 Å². The predicted octanol–water partition coefficient (Wildman–Crippen LogP) is 3.76. The van der Waals surface area contributed by atoms with E-state index in [1.165, 1.54) is 29.9 Å². The van der Waals surface area contributed by atoms with Crippen molar-refractivity contribution in [2.45, 2.75) is 31.0 Å². The van der Waals surface area contributed by atoms with Crippen LogP contribution in [0.1, 0.15) is 24.2 Å². The van der Waals surface area contributed by atoms with Crippen LogP contribution in [0.4, 0.5) is 16.2 Å². The number of amides is 3. The first-order chi connectivity index (χ1) is 21.0. The Kier molecular flexibility index (Phi) is 8.90. The van der Waals surface area contributed by atoms with Crippen LogP contribution < -0.4 is 15.4 Å². The fraction of sp³-hybridized carbons (Fsp3) is 0.323. The number of aromatic nitrogens is 2. The van der Waals surface area contributed by atoms with E-state index in [1.807, 2.05) is 43.3 Å². The van der Waals surface area contributed by atoms with Gasteiger partial charge in [0, 0.05) is 43.8 Å². The Labute approximate surface area is 256 Å². The van der Waals surface area contributed by atoms with Gasteiger partial charge in [-0.3, -0.25) is 4.79 Å². The van der Waals surface area contributed by atoms with E-state index in [9.17, 15) is 23.1 Å². The Morgan fingerprint density at radius 1 is 1.16 bits per heavy atom. The molecule has 0 radical (unpaired) electrons. The van der Waals surface area contributed by atoms with Crippen molar-refractivity contribution in [2.75, 3.05) is 37.4 Å². The molecule has 0 saturated heterocycles. The zero-order valence-electron chi connectivity index (χ0n) is 25.0. The number of benzene rings is 3. The Morgan fingerprint density at radius 3 is 2.64 bits per heavy atom. The zero-order chi connectivity index (χ0) is 31.6. The largest absolute Gasteiger partial charge is 0.488 e. The molecule has 5 rings (SSSR count). The fourth-order valence-corrected chi connectivity index (χ4v) is 6.31. The van der Waals surface area contributed by atoms with E-state index in [4.69, 9.17) is 4.74 Å². The maximum absolute atomic E-state index is 13.8. The number of aliphatic hydroxyl groups excluding tert-OH is 1. The van der Waals surface area contributed by atoms with Gasteiger partial charge >= 0.3 is 6.03 Å². The molecule has 0 unspecified atom stereocenters. The lowest BCUT2D eigenvalue weighted by molar-refractivity contribution is 0.0387. The van der Waals surface area contributed by atoms with Gasteiger partial charge in [0.15, 0.2) is 5.03 Å². The topological polar surface area (TPSA) is 146 Å². The molecule has 1 aliphatic rings. The molecule has 0 fully saturated rings. The van der Waals surface area contributed by atoms with Crippen LogP contribution >= 0.6 is 0 Å². The second-order valence-corrected chi connectivity index (χ2v) is 13.1. The van der Waals surface area contributed by atoms with Crippen LogP contribution in [0, 0.1) is 5.92 Å². The number of anilines is 2. The highest BCUT2D eigenvalue weighted by atomic mass is 32.2. The number of hydrogen-bond acceptors (Lipinski definition) is 7. The van der Waals surface area contributed by atoms with E-state index >= 15 is 0 Å². The standard InChI is InChI=1S/C31H36N6O6S/c1-20-15-37(21(2)18-38)30(39)25-14-23(33-31(40)34-26-11-7-9-22-8-5-6-10-24(22)26)12-13-27(25)43-28(20)16-36(4)44(41,42)29-17-35(3)19-32-29/h5-14,17,19-21,28,38H,15-16,18H2,1-4H3,(H2,33,34,40)/t20-,21+,28-/m0/s1. The summed E-state index contributed by atoms with van der Waals surface area (Å²) in [6.45, 7) is 3.54. The summed E-state index contributed by atoms with van der Waals surface area (Å²) < 4.78 is 35.5. The number of carbonyl (C=O) groups excluding carboxylic acids is 2. The average molecular weight is 621 g/mol. The number of hydrogen-bond donors (Lipinski definition) is 3. The first kappa shape index (κ1) is 31.0. The zero-order valence-corrected chi connectivity index (χ0v) is 25.8. The predicted molar refractivity (Wildman–Crippen MR) is 167 cm³/mol. The fourth-order valence-electron chi connectivity index (χ4n) is 5.17. The molecule has 3 aromatic carbocycles. The Morgan fingerprint density at radius 2 is 1.91 bits per heavy atom. The Bertz CT molecular complexity index is 1790. The third-order valence-electron chi connectivity index (χ3n) is 7.75. The number of rotatable bonds is 8. The number of aliphatic hydroxyl groups is 1. The van der Waals surface area contributed by atoms with Gasteiger partial charge in [0.05, 0.1) is 36.8 Å². The molecular weight excluding hydrogens is 584 g/mol. The molecule has 0 aliphatic carbocycles. The normalized spacial score (nSPS) is 17.9. The molecule has 1 aliphatic heterocycles. The van der Waals surface area contributed by atoms with Crippen LogP contribution in [0.2, 0.25) is 0 Å². The van der Waals surface area contributed by atoms with Crippen LogP contribution in [0.5, 0.6) is 5.75 Å². The molecule has 0 saturated carbocycles. The van der Waals surface area contributed by atoms with Crippen molar-refractivity contribution >= 4 is 44.1 Å². The van der Waals surface area contributed by atoms with Gasteiger partial charge in [0.1, 0.15) is 11.9 Å². The summed E-state index contributed by atoms with van der Waals surface area (Å²) >= 11 is 0. The van der Waals surface area contributed by atoms with Crippen LogP contribution in [-0.2, 0) is 17.1 Å². The molecule has 2 heterocycles. The van der Waals surface area contributed by atoms with E-state index < -0.39 is 28.2 Å². The van der Waals surface area contributed by atoms with Crippen molar-refractivity contribution in [3.05, 3.63) is 78.8 Å². The second-order valence-electron chi connectivity index (χ2n) is 11.1. The number of aryl methyl sites for hydroxylation is 1. The number of ether oxygens (including phenoxy) is 1. The van der Waals surface area contributed by atoms with Crippen LogP contribution in [0.15, 0.2) is 78.2 Å². The van der Waals surface area contributed by atoms with E-state index in [0.29, 0.717) is 11.4 Å². The Hall–Kier alpha value is -4.46. The van der Waals surface area contributed by atoms with E-state index in [0.717, 1.165) is 10.8 Å². The first-order valence-electron chi connectivity index (χ1n) is 14.2.